The largest absolute Gasteiger partial charge is 0.353 e. The molecule has 2 saturated carbocycles. The van der Waals surface area contributed by atoms with Crippen LogP contribution in [0.4, 0.5) is 0 Å². The van der Waals surface area contributed by atoms with E-state index < -0.39 is 0 Å². The summed E-state index contributed by atoms with van der Waals surface area (Å²) in [5.41, 5.74) is 1.37. The molecule has 3 heteroatoms. The van der Waals surface area contributed by atoms with Crippen molar-refractivity contribution in [2.24, 2.45) is 17.8 Å². The molecular formula is C20H28N2O. The van der Waals surface area contributed by atoms with Gasteiger partial charge in [-0.3, -0.25) is 9.69 Å². The summed E-state index contributed by atoms with van der Waals surface area (Å²) in [7, 11) is 0. The summed E-state index contributed by atoms with van der Waals surface area (Å²) in [5.74, 6) is 2.25. The number of benzene rings is 1. The summed E-state index contributed by atoms with van der Waals surface area (Å²) in [4.78, 5) is 15.0. The van der Waals surface area contributed by atoms with Gasteiger partial charge in [0.2, 0.25) is 5.91 Å². The van der Waals surface area contributed by atoms with E-state index in [4.69, 9.17) is 0 Å². The number of nitrogens with one attached hydrogen (secondary N) is 1. The molecule has 1 saturated heterocycles. The molecule has 2 bridgehead atoms. The first-order valence-electron chi connectivity index (χ1n) is 9.34. The van der Waals surface area contributed by atoms with Crippen LogP contribution in [-0.4, -0.2) is 29.9 Å². The molecule has 0 unspecified atom stereocenters. The molecule has 1 amide bonds. The van der Waals surface area contributed by atoms with Gasteiger partial charge in [-0.05, 0) is 62.6 Å². The summed E-state index contributed by atoms with van der Waals surface area (Å²) < 4.78 is 0. The first-order valence-corrected chi connectivity index (χ1v) is 9.34. The Morgan fingerprint density at radius 3 is 2.48 bits per heavy atom. The minimum atomic E-state index is 0.237. The second kappa shape index (κ2) is 6.64. The number of carbonyl (C=O) groups excluding carboxylic acids is 1. The minimum Gasteiger partial charge on any atom is -0.353 e. The highest BCUT2D eigenvalue weighted by molar-refractivity contribution is 5.79. The van der Waals surface area contributed by atoms with Crippen molar-refractivity contribution >= 4 is 5.91 Å². The second-order valence-corrected chi connectivity index (χ2v) is 7.83. The lowest BCUT2D eigenvalue weighted by atomic mass is 9.92. The Labute approximate surface area is 139 Å². The van der Waals surface area contributed by atoms with Crippen LogP contribution in [0.25, 0.3) is 0 Å². The van der Waals surface area contributed by atoms with Crippen molar-refractivity contribution in [2.75, 3.05) is 13.1 Å². The highest BCUT2D eigenvalue weighted by Crippen LogP contribution is 2.44. The van der Waals surface area contributed by atoms with Crippen LogP contribution in [0.1, 0.15) is 44.1 Å². The average Bonchev–Trinajstić information content (AvgIpc) is 3.19. The lowest BCUT2D eigenvalue weighted by Gasteiger charge is -2.32. The predicted octanol–water partition coefficient (Wildman–Crippen LogP) is 3.20. The lowest BCUT2D eigenvalue weighted by Crippen LogP contribution is -2.45. The van der Waals surface area contributed by atoms with Gasteiger partial charge in [0.1, 0.15) is 0 Å². The van der Waals surface area contributed by atoms with Crippen LogP contribution in [0.3, 0.4) is 0 Å². The van der Waals surface area contributed by atoms with Gasteiger partial charge in [-0.1, -0.05) is 36.8 Å². The van der Waals surface area contributed by atoms with Crippen molar-refractivity contribution < 1.29 is 4.79 Å². The first-order chi connectivity index (χ1) is 11.3. The molecular weight excluding hydrogens is 284 g/mol. The van der Waals surface area contributed by atoms with E-state index in [0.29, 0.717) is 11.9 Å². The van der Waals surface area contributed by atoms with E-state index in [0.717, 1.165) is 44.3 Å². The molecule has 3 nitrogen and oxygen atoms in total. The first kappa shape index (κ1) is 15.2. The highest BCUT2D eigenvalue weighted by Gasteiger charge is 2.40. The number of hydrogen-bond donors (Lipinski definition) is 1. The quantitative estimate of drug-likeness (QED) is 0.926. The standard InChI is InChI=1S/C20H28N2O/c23-20(21-19-13-16-6-7-18(19)12-16)17-8-10-22(11-9-17)14-15-4-2-1-3-5-15/h1-5,16-19H,6-14H2,(H,21,23)/t16-,18-,19+/m0/s1. The lowest BCUT2D eigenvalue weighted by molar-refractivity contribution is -0.127. The molecule has 1 aromatic carbocycles. The van der Waals surface area contributed by atoms with Crippen molar-refractivity contribution in [3.05, 3.63) is 35.9 Å². The van der Waals surface area contributed by atoms with Crippen LogP contribution < -0.4 is 5.32 Å². The number of fused-ring (bicyclic) bond motifs is 2. The van der Waals surface area contributed by atoms with E-state index in [1.807, 2.05) is 0 Å². The van der Waals surface area contributed by atoms with Crippen molar-refractivity contribution in [3.8, 4) is 0 Å². The summed E-state index contributed by atoms with van der Waals surface area (Å²) in [6.07, 6.45) is 7.36. The Kier molecular flexibility index (Phi) is 4.39. The molecule has 1 aliphatic heterocycles. The number of carbonyl (C=O) groups is 1. The molecule has 124 valence electrons. The molecule has 0 spiro atoms. The topological polar surface area (TPSA) is 32.3 Å². The van der Waals surface area contributed by atoms with E-state index in [2.05, 4.69) is 40.5 Å². The van der Waals surface area contributed by atoms with Gasteiger partial charge in [-0.25, -0.2) is 0 Å². The van der Waals surface area contributed by atoms with Gasteiger partial charge < -0.3 is 5.32 Å². The van der Waals surface area contributed by atoms with Crippen molar-refractivity contribution in [1.82, 2.24) is 10.2 Å². The van der Waals surface area contributed by atoms with E-state index in [1.54, 1.807) is 0 Å². The normalized spacial score (nSPS) is 31.4. The summed E-state index contributed by atoms with van der Waals surface area (Å²) in [6, 6.07) is 11.1. The molecule has 0 radical (unpaired) electrons. The van der Waals surface area contributed by atoms with Crippen LogP contribution in [-0.2, 0) is 11.3 Å². The maximum atomic E-state index is 12.6. The van der Waals surface area contributed by atoms with Crippen LogP contribution in [0.15, 0.2) is 30.3 Å². The number of amides is 1. The van der Waals surface area contributed by atoms with Crippen LogP contribution in [0.2, 0.25) is 0 Å². The Balaban J connectivity index is 1.24. The Morgan fingerprint density at radius 2 is 1.83 bits per heavy atom. The zero-order chi connectivity index (χ0) is 15.6. The van der Waals surface area contributed by atoms with Gasteiger partial charge in [0, 0.05) is 18.5 Å². The fraction of sp³-hybridized carbons (Fsp3) is 0.650. The fourth-order valence-corrected chi connectivity index (χ4v) is 4.92. The maximum Gasteiger partial charge on any atom is 0.223 e. The van der Waals surface area contributed by atoms with Gasteiger partial charge in [0.25, 0.3) is 0 Å². The van der Waals surface area contributed by atoms with Crippen LogP contribution >= 0.6 is 0 Å². The Bertz CT molecular complexity index is 536. The monoisotopic (exact) mass is 312 g/mol. The maximum absolute atomic E-state index is 12.6. The Morgan fingerprint density at radius 1 is 1.04 bits per heavy atom. The molecule has 0 aromatic heterocycles. The third-order valence-electron chi connectivity index (χ3n) is 6.27. The minimum absolute atomic E-state index is 0.237. The third kappa shape index (κ3) is 3.45. The van der Waals surface area contributed by atoms with Gasteiger partial charge in [0.05, 0.1) is 0 Å². The van der Waals surface area contributed by atoms with Gasteiger partial charge >= 0.3 is 0 Å². The molecule has 4 rings (SSSR count). The molecule has 3 aliphatic rings. The molecule has 3 atom stereocenters. The van der Waals surface area contributed by atoms with Crippen molar-refractivity contribution in [1.29, 1.82) is 0 Å². The molecule has 3 fully saturated rings. The molecule has 23 heavy (non-hydrogen) atoms. The van der Waals surface area contributed by atoms with E-state index >= 15 is 0 Å². The SMILES string of the molecule is O=C(N[C@@H]1C[C@H]2CC[C@H]1C2)C1CCN(Cc2ccccc2)CC1. The highest BCUT2D eigenvalue weighted by atomic mass is 16.2. The molecule has 1 aromatic rings. The average molecular weight is 312 g/mol. The Hall–Kier alpha value is -1.35. The smallest absolute Gasteiger partial charge is 0.223 e. The number of likely N-dealkylation sites (tertiary alicyclic amines) is 1. The summed E-state index contributed by atoms with van der Waals surface area (Å²) in [5, 5.41) is 3.39. The predicted molar refractivity (Wildman–Crippen MR) is 91.8 cm³/mol. The molecule has 1 N–H and O–H groups in total. The number of hydrogen-bond acceptors (Lipinski definition) is 2. The number of nitrogens with zero attached hydrogens (tertiary/aromatic N) is 1. The van der Waals surface area contributed by atoms with Gasteiger partial charge in [-0.15, -0.1) is 0 Å². The number of piperidine rings is 1. The summed E-state index contributed by atoms with van der Waals surface area (Å²) in [6.45, 7) is 3.11. The van der Waals surface area contributed by atoms with E-state index in [1.165, 1.54) is 31.2 Å². The van der Waals surface area contributed by atoms with E-state index in [9.17, 15) is 4.79 Å². The summed E-state index contributed by atoms with van der Waals surface area (Å²) >= 11 is 0. The van der Waals surface area contributed by atoms with Crippen LogP contribution in [0, 0.1) is 17.8 Å². The molecule has 2 aliphatic carbocycles. The van der Waals surface area contributed by atoms with E-state index in [-0.39, 0.29) is 5.92 Å². The second-order valence-electron chi connectivity index (χ2n) is 7.83. The van der Waals surface area contributed by atoms with Gasteiger partial charge in [-0.2, -0.15) is 0 Å². The zero-order valence-corrected chi connectivity index (χ0v) is 13.9. The molecule has 1 heterocycles. The number of rotatable bonds is 4. The van der Waals surface area contributed by atoms with Crippen molar-refractivity contribution in [3.63, 3.8) is 0 Å². The zero-order valence-electron chi connectivity index (χ0n) is 13.9. The van der Waals surface area contributed by atoms with Gasteiger partial charge in [0.15, 0.2) is 0 Å². The fourth-order valence-electron chi connectivity index (χ4n) is 4.92. The third-order valence-corrected chi connectivity index (χ3v) is 6.27. The van der Waals surface area contributed by atoms with Crippen LogP contribution in [0.5, 0.6) is 0 Å². The van der Waals surface area contributed by atoms with Crippen molar-refractivity contribution in [2.45, 2.75) is 51.1 Å².